The molecule has 1 amide bonds. The summed E-state index contributed by atoms with van der Waals surface area (Å²) >= 11 is 0. The number of halogens is 3. The van der Waals surface area contributed by atoms with Crippen LogP contribution in [0.3, 0.4) is 0 Å². The average molecular weight is 340 g/mol. The van der Waals surface area contributed by atoms with E-state index in [0.717, 1.165) is 25.0 Å². The van der Waals surface area contributed by atoms with E-state index < -0.39 is 37.9 Å². The Morgan fingerprint density at radius 3 is 2.52 bits per heavy atom. The van der Waals surface area contributed by atoms with Gasteiger partial charge in [-0.2, -0.15) is 4.39 Å². The first-order chi connectivity index (χ1) is 9.71. The van der Waals surface area contributed by atoms with Crippen LogP contribution in [-0.2, 0) is 13.8 Å². The smallest absolute Gasteiger partial charge is 0.264 e. The van der Waals surface area contributed by atoms with E-state index >= 15 is 0 Å². The number of likely N-dealkylation sites (N-methyl/N-ethyl adjacent to an activating group) is 1. The third-order valence-electron chi connectivity index (χ3n) is 3.11. The third kappa shape index (κ3) is 3.62. The molecule has 0 heterocycles. The molecule has 116 valence electrons. The number of nitrogens with zero attached hydrogens (tertiary/aromatic N) is 1. The van der Waals surface area contributed by atoms with Crippen molar-refractivity contribution in [1.82, 2.24) is 4.90 Å². The highest BCUT2D eigenvalue weighted by molar-refractivity contribution is 8.13. The lowest BCUT2D eigenvalue weighted by atomic mass is 10.3. The average Bonchev–Trinajstić information content (AvgIpc) is 3.22. The summed E-state index contributed by atoms with van der Waals surface area (Å²) in [4.78, 5) is 12.2. The van der Waals surface area contributed by atoms with E-state index in [-0.39, 0.29) is 11.9 Å². The normalized spacial score (nSPS) is 14.9. The molecule has 1 aliphatic rings. The Morgan fingerprint density at radius 2 is 2.00 bits per heavy atom. The van der Waals surface area contributed by atoms with Crippen molar-refractivity contribution in [3.8, 4) is 5.75 Å². The number of ether oxygens (including phenoxy) is 1. The molecule has 0 N–H and O–H groups in total. The van der Waals surface area contributed by atoms with Crippen LogP contribution in [0.4, 0.5) is 8.78 Å². The summed E-state index contributed by atoms with van der Waals surface area (Å²) in [6.45, 7) is -0.462. The van der Waals surface area contributed by atoms with Crippen molar-refractivity contribution in [3.63, 3.8) is 0 Å². The number of benzene rings is 1. The first-order valence-electron chi connectivity index (χ1n) is 6.03. The molecule has 0 unspecified atom stereocenters. The van der Waals surface area contributed by atoms with Crippen molar-refractivity contribution in [2.24, 2.45) is 0 Å². The molecule has 9 heteroatoms. The highest BCUT2D eigenvalue weighted by Crippen LogP contribution is 2.28. The number of hydrogen-bond donors (Lipinski definition) is 0. The van der Waals surface area contributed by atoms with E-state index in [4.69, 9.17) is 15.4 Å². The van der Waals surface area contributed by atoms with Gasteiger partial charge in [0.1, 0.15) is 4.90 Å². The van der Waals surface area contributed by atoms with Crippen LogP contribution in [0, 0.1) is 11.6 Å². The second-order valence-electron chi connectivity index (χ2n) is 4.65. The van der Waals surface area contributed by atoms with Gasteiger partial charge in [-0.25, -0.2) is 12.8 Å². The summed E-state index contributed by atoms with van der Waals surface area (Å²) in [6, 6.07) is 1.87. The van der Waals surface area contributed by atoms with E-state index in [1.165, 1.54) is 4.90 Å². The number of carbonyl (C=O) groups is 1. The van der Waals surface area contributed by atoms with Crippen molar-refractivity contribution < 1.29 is 26.7 Å². The van der Waals surface area contributed by atoms with Crippen molar-refractivity contribution in [3.05, 3.63) is 23.8 Å². The molecular formula is C12H12ClF2NO4S. The predicted octanol–water partition coefficient (Wildman–Crippen LogP) is 1.89. The Hall–Kier alpha value is -1.41. The fourth-order valence-corrected chi connectivity index (χ4v) is 2.61. The van der Waals surface area contributed by atoms with E-state index in [2.05, 4.69) is 0 Å². The third-order valence-corrected chi connectivity index (χ3v) is 4.45. The molecule has 0 spiro atoms. The zero-order chi connectivity index (χ0) is 15.8. The minimum Gasteiger partial charge on any atom is -0.481 e. The van der Waals surface area contributed by atoms with Crippen LogP contribution in [0.2, 0.25) is 0 Å². The SMILES string of the molecule is CN(C(=O)COc1ccc(S(=O)(=O)Cl)c(F)c1F)C1CC1. The number of rotatable bonds is 5. The molecule has 21 heavy (non-hydrogen) atoms. The minimum atomic E-state index is -4.39. The fourth-order valence-electron chi connectivity index (χ4n) is 1.72. The van der Waals surface area contributed by atoms with Gasteiger partial charge in [0, 0.05) is 23.8 Å². The van der Waals surface area contributed by atoms with Crippen molar-refractivity contribution >= 4 is 25.6 Å². The number of amides is 1. The topological polar surface area (TPSA) is 63.7 Å². The summed E-state index contributed by atoms with van der Waals surface area (Å²) in [7, 11) is 2.17. The van der Waals surface area contributed by atoms with Gasteiger partial charge in [0.25, 0.3) is 15.0 Å². The van der Waals surface area contributed by atoms with Gasteiger partial charge in [0.05, 0.1) is 0 Å². The van der Waals surface area contributed by atoms with Gasteiger partial charge in [-0.15, -0.1) is 0 Å². The number of carbonyl (C=O) groups excluding carboxylic acids is 1. The Kier molecular flexibility index (Phi) is 4.38. The molecule has 0 bridgehead atoms. The van der Waals surface area contributed by atoms with Gasteiger partial charge in [-0.05, 0) is 25.0 Å². The monoisotopic (exact) mass is 339 g/mol. The molecule has 5 nitrogen and oxygen atoms in total. The lowest BCUT2D eigenvalue weighted by Crippen LogP contribution is -2.33. The molecule has 1 aliphatic carbocycles. The summed E-state index contributed by atoms with van der Waals surface area (Å²) in [6.07, 6.45) is 1.82. The summed E-state index contributed by atoms with van der Waals surface area (Å²) in [5.41, 5.74) is 0. The zero-order valence-corrected chi connectivity index (χ0v) is 12.5. The van der Waals surface area contributed by atoms with Crippen LogP contribution >= 0.6 is 10.7 Å². The van der Waals surface area contributed by atoms with Crippen LogP contribution in [0.15, 0.2) is 17.0 Å². The van der Waals surface area contributed by atoms with Crippen LogP contribution in [0.25, 0.3) is 0 Å². The first-order valence-corrected chi connectivity index (χ1v) is 8.34. The molecule has 0 radical (unpaired) electrons. The highest BCUT2D eigenvalue weighted by atomic mass is 35.7. The second-order valence-corrected chi connectivity index (χ2v) is 7.19. The van der Waals surface area contributed by atoms with Crippen LogP contribution < -0.4 is 4.74 Å². The molecule has 0 aromatic heterocycles. The van der Waals surface area contributed by atoms with Crippen LogP contribution in [-0.4, -0.2) is 38.9 Å². The molecular weight excluding hydrogens is 328 g/mol. The molecule has 0 atom stereocenters. The van der Waals surface area contributed by atoms with E-state index in [9.17, 15) is 22.0 Å². The molecule has 1 saturated carbocycles. The Bertz CT molecular complexity index is 676. The second kappa shape index (κ2) is 5.76. The molecule has 1 aromatic carbocycles. The largest absolute Gasteiger partial charge is 0.481 e. The van der Waals surface area contributed by atoms with E-state index in [0.29, 0.717) is 0 Å². The van der Waals surface area contributed by atoms with E-state index in [1.54, 1.807) is 7.05 Å². The molecule has 1 fully saturated rings. The first kappa shape index (κ1) is 16.0. The predicted molar refractivity (Wildman–Crippen MR) is 70.7 cm³/mol. The van der Waals surface area contributed by atoms with Crippen molar-refractivity contribution in [2.45, 2.75) is 23.8 Å². The standard InChI is InChI=1S/C12H12ClF2NO4S/c1-16(7-2-3-7)10(17)6-20-8-4-5-9(21(13,18)19)12(15)11(8)14/h4-5,7H,2-3,6H2,1H3. The van der Waals surface area contributed by atoms with Gasteiger partial charge in [-0.1, -0.05) is 0 Å². The Balaban J connectivity index is 2.11. The molecule has 1 aromatic rings. The lowest BCUT2D eigenvalue weighted by molar-refractivity contribution is -0.132. The Labute approximate surface area is 124 Å². The van der Waals surface area contributed by atoms with Gasteiger partial charge in [0.15, 0.2) is 18.2 Å². The maximum Gasteiger partial charge on any atom is 0.264 e. The maximum absolute atomic E-state index is 13.7. The molecule has 0 aliphatic heterocycles. The van der Waals surface area contributed by atoms with Gasteiger partial charge in [0.2, 0.25) is 5.82 Å². The van der Waals surface area contributed by atoms with Gasteiger partial charge in [-0.3, -0.25) is 4.79 Å². The quantitative estimate of drug-likeness (QED) is 0.769. The van der Waals surface area contributed by atoms with Crippen molar-refractivity contribution in [1.29, 1.82) is 0 Å². The van der Waals surface area contributed by atoms with E-state index in [1.807, 2.05) is 0 Å². The van der Waals surface area contributed by atoms with Gasteiger partial charge >= 0.3 is 0 Å². The molecule has 0 saturated heterocycles. The maximum atomic E-state index is 13.7. The number of hydrogen-bond acceptors (Lipinski definition) is 4. The summed E-state index contributed by atoms with van der Waals surface area (Å²) in [5.74, 6) is -4.05. The summed E-state index contributed by atoms with van der Waals surface area (Å²) in [5, 5.41) is 0. The van der Waals surface area contributed by atoms with Crippen LogP contribution in [0.5, 0.6) is 5.75 Å². The molecule has 2 rings (SSSR count). The zero-order valence-electron chi connectivity index (χ0n) is 11.0. The summed E-state index contributed by atoms with van der Waals surface area (Å²) < 4.78 is 54.2. The Morgan fingerprint density at radius 1 is 1.38 bits per heavy atom. The van der Waals surface area contributed by atoms with Crippen LogP contribution in [0.1, 0.15) is 12.8 Å². The van der Waals surface area contributed by atoms with Gasteiger partial charge < -0.3 is 9.64 Å². The lowest BCUT2D eigenvalue weighted by Gasteiger charge is -2.16. The highest BCUT2D eigenvalue weighted by Gasteiger charge is 2.30. The fraction of sp³-hybridized carbons (Fsp3) is 0.417. The van der Waals surface area contributed by atoms with Crippen molar-refractivity contribution in [2.75, 3.05) is 13.7 Å². The minimum absolute atomic E-state index is 0.173.